The van der Waals surface area contributed by atoms with Crippen molar-refractivity contribution in [3.8, 4) is 5.75 Å². The van der Waals surface area contributed by atoms with Gasteiger partial charge in [-0.05, 0) is 12.6 Å². The van der Waals surface area contributed by atoms with Gasteiger partial charge in [0.05, 0.1) is 29.1 Å². The number of carbonyl (C=O) groups is 1. The molecule has 0 spiro atoms. The number of hydrogen-bond donors (Lipinski definition) is 2. The second-order valence-corrected chi connectivity index (χ2v) is 7.03. The third kappa shape index (κ3) is 4.72. The predicted octanol–water partition coefficient (Wildman–Crippen LogP) is 3.86. The van der Waals surface area contributed by atoms with Crippen molar-refractivity contribution in [1.29, 1.82) is 0 Å². The molecule has 2 heterocycles. The average molecular weight is 440 g/mol. The molecule has 0 radical (unpaired) electrons. The number of anilines is 2. The Kier molecular flexibility index (Phi) is 8.43. The van der Waals surface area contributed by atoms with Crippen LogP contribution in [0.2, 0.25) is 5.02 Å². The molecule has 0 bridgehead atoms. The van der Waals surface area contributed by atoms with E-state index in [1.165, 1.54) is 29.4 Å². The number of likely N-dealkylation sites (N-methyl/N-ethyl adjacent to an activating group) is 1. The summed E-state index contributed by atoms with van der Waals surface area (Å²) in [6.07, 6.45) is 0.909. The number of nitrogens with one attached hydrogen (secondary N) is 1. The Morgan fingerprint density at radius 1 is 1.46 bits per heavy atom. The van der Waals surface area contributed by atoms with Crippen molar-refractivity contribution in [2.24, 2.45) is 0 Å². The van der Waals surface area contributed by atoms with Crippen molar-refractivity contribution in [2.75, 3.05) is 31.2 Å². The van der Waals surface area contributed by atoms with Crippen LogP contribution >= 0.6 is 47.8 Å². The van der Waals surface area contributed by atoms with E-state index in [4.69, 9.17) is 22.1 Å². The summed E-state index contributed by atoms with van der Waals surface area (Å²) in [6, 6.07) is 3.06. The molecule has 1 aromatic heterocycles. The number of aromatic nitrogens is 1. The SMILES string of the molecule is CCN1CCc2nc(NC(=O)c3cc(Cl)c(N)cc3OC)sc2C1.Cl.Cl. The highest BCUT2D eigenvalue weighted by Crippen LogP contribution is 2.31. The van der Waals surface area contributed by atoms with Crippen molar-refractivity contribution in [3.05, 3.63) is 33.3 Å². The van der Waals surface area contributed by atoms with E-state index in [1.807, 2.05) is 0 Å². The van der Waals surface area contributed by atoms with E-state index in [0.29, 0.717) is 27.2 Å². The lowest BCUT2D eigenvalue weighted by Crippen LogP contribution is -2.29. The van der Waals surface area contributed by atoms with E-state index >= 15 is 0 Å². The Morgan fingerprint density at radius 2 is 2.19 bits per heavy atom. The van der Waals surface area contributed by atoms with Crippen molar-refractivity contribution in [1.82, 2.24) is 9.88 Å². The number of carbonyl (C=O) groups excluding carboxylic acids is 1. The van der Waals surface area contributed by atoms with Crippen LogP contribution in [-0.2, 0) is 13.0 Å². The third-order valence-corrected chi connectivity index (χ3v) is 5.37. The molecule has 3 N–H and O–H groups in total. The normalized spacial score (nSPS) is 13.2. The van der Waals surface area contributed by atoms with Crippen LogP contribution in [0.25, 0.3) is 0 Å². The Morgan fingerprint density at radius 3 is 2.85 bits per heavy atom. The second-order valence-electron chi connectivity index (χ2n) is 5.54. The number of nitrogen functional groups attached to an aromatic ring is 1. The monoisotopic (exact) mass is 438 g/mol. The number of rotatable bonds is 4. The molecule has 0 atom stereocenters. The molecule has 0 fully saturated rings. The Bertz CT molecular complexity index is 785. The number of thiazole rings is 1. The van der Waals surface area contributed by atoms with E-state index in [1.54, 1.807) is 6.07 Å². The van der Waals surface area contributed by atoms with Crippen molar-refractivity contribution in [3.63, 3.8) is 0 Å². The molecule has 1 amide bonds. The van der Waals surface area contributed by atoms with Crippen molar-refractivity contribution in [2.45, 2.75) is 19.9 Å². The quantitative estimate of drug-likeness (QED) is 0.707. The van der Waals surface area contributed by atoms with E-state index < -0.39 is 0 Å². The van der Waals surface area contributed by atoms with E-state index in [0.717, 1.165) is 31.7 Å². The van der Waals surface area contributed by atoms with Gasteiger partial charge in [0.2, 0.25) is 0 Å². The second kappa shape index (κ2) is 9.62. The van der Waals surface area contributed by atoms with Gasteiger partial charge in [0, 0.05) is 30.5 Å². The summed E-state index contributed by atoms with van der Waals surface area (Å²) in [5.41, 5.74) is 7.53. The molecule has 2 aromatic rings. The van der Waals surface area contributed by atoms with Crippen LogP contribution in [-0.4, -0.2) is 36.0 Å². The van der Waals surface area contributed by atoms with E-state index in [-0.39, 0.29) is 30.7 Å². The molecule has 0 aliphatic carbocycles. The first kappa shape index (κ1) is 22.8. The number of benzene rings is 1. The minimum atomic E-state index is -0.313. The summed E-state index contributed by atoms with van der Waals surface area (Å²) in [6.45, 7) is 5.05. The van der Waals surface area contributed by atoms with E-state index in [2.05, 4.69) is 22.1 Å². The average Bonchev–Trinajstić information content (AvgIpc) is 2.97. The Labute approximate surface area is 173 Å². The summed E-state index contributed by atoms with van der Waals surface area (Å²) in [5, 5.41) is 3.75. The maximum absolute atomic E-state index is 12.6. The standard InChI is InChI=1S/C16H19ClN4O2S.2ClH/c1-3-21-5-4-12-14(8-21)24-16(19-12)20-15(22)9-6-10(17)11(18)7-13(9)23-2;;/h6-7H,3-5,8,18H2,1-2H3,(H,19,20,22);2*1H. The van der Waals surface area contributed by atoms with Crippen LogP contribution in [0, 0.1) is 0 Å². The van der Waals surface area contributed by atoms with Crippen LogP contribution in [0.1, 0.15) is 27.9 Å². The predicted molar refractivity (Wildman–Crippen MR) is 112 cm³/mol. The molecule has 0 unspecified atom stereocenters. The van der Waals surface area contributed by atoms with Crippen LogP contribution < -0.4 is 15.8 Å². The highest BCUT2D eigenvalue weighted by atomic mass is 35.5. The number of halogens is 3. The number of nitrogens with zero attached hydrogens (tertiary/aromatic N) is 2. The Balaban J connectivity index is 0.00000169. The first-order valence-electron chi connectivity index (χ1n) is 7.67. The fourth-order valence-corrected chi connectivity index (χ4v) is 3.86. The fourth-order valence-electron chi connectivity index (χ4n) is 2.65. The molecule has 1 aliphatic heterocycles. The van der Waals surface area contributed by atoms with Crippen LogP contribution in [0.15, 0.2) is 12.1 Å². The lowest BCUT2D eigenvalue weighted by atomic mass is 10.1. The summed E-state index contributed by atoms with van der Waals surface area (Å²) in [5.74, 6) is 0.0695. The number of ether oxygens (including phenoxy) is 1. The summed E-state index contributed by atoms with van der Waals surface area (Å²) in [4.78, 5) is 20.7. The lowest BCUT2D eigenvalue weighted by molar-refractivity contribution is 0.102. The molecule has 3 rings (SSSR count). The Hall–Kier alpha value is -1.25. The molecule has 1 aromatic carbocycles. The van der Waals surface area contributed by atoms with Gasteiger partial charge in [-0.25, -0.2) is 4.98 Å². The van der Waals surface area contributed by atoms with Crippen LogP contribution in [0.4, 0.5) is 10.8 Å². The molecule has 10 heteroatoms. The number of methoxy groups -OCH3 is 1. The lowest BCUT2D eigenvalue weighted by Gasteiger charge is -2.23. The molecule has 0 saturated heterocycles. The van der Waals surface area contributed by atoms with Crippen LogP contribution in [0.3, 0.4) is 0 Å². The van der Waals surface area contributed by atoms with Gasteiger partial charge in [0.25, 0.3) is 5.91 Å². The zero-order chi connectivity index (χ0) is 17.3. The van der Waals surface area contributed by atoms with Gasteiger partial charge in [-0.2, -0.15) is 0 Å². The summed E-state index contributed by atoms with van der Waals surface area (Å²) >= 11 is 7.54. The molecule has 6 nitrogen and oxygen atoms in total. The van der Waals surface area contributed by atoms with Gasteiger partial charge >= 0.3 is 0 Å². The molecule has 144 valence electrons. The third-order valence-electron chi connectivity index (χ3n) is 4.04. The zero-order valence-corrected chi connectivity index (χ0v) is 17.6. The van der Waals surface area contributed by atoms with Gasteiger partial charge < -0.3 is 10.5 Å². The maximum atomic E-state index is 12.6. The largest absolute Gasteiger partial charge is 0.496 e. The van der Waals surface area contributed by atoms with Crippen molar-refractivity contribution < 1.29 is 9.53 Å². The molecular weight excluding hydrogens is 419 g/mol. The smallest absolute Gasteiger partial charge is 0.261 e. The van der Waals surface area contributed by atoms with Crippen molar-refractivity contribution >= 4 is 64.5 Å². The van der Waals surface area contributed by atoms with Gasteiger partial charge in [0.1, 0.15) is 5.75 Å². The number of fused-ring (bicyclic) bond motifs is 1. The van der Waals surface area contributed by atoms with E-state index in [9.17, 15) is 4.79 Å². The number of amides is 1. The van der Waals surface area contributed by atoms with Gasteiger partial charge in [-0.15, -0.1) is 36.2 Å². The first-order chi connectivity index (χ1) is 11.5. The highest BCUT2D eigenvalue weighted by Gasteiger charge is 2.22. The molecular formula is C16H21Cl3N4O2S. The summed E-state index contributed by atoms with van der Waals surface area (Å²) in [7, 11) is 1.49. The molecule has 0 saturated carbocycles. The fraction of sp³-hybridized carbons (Fsp3) is 0.375. The number of nitrogens with two attached hydrogens (primary N) is 1. The minimum Gasteiger partial charge on any atom is -0.496 e. The molecule has 1 aliphatic rings. The first-order valence-corrected chi connectivity index (χ1v) is 8.86. The zero-order valence-electron chi connectivity index (χ0n) is 14.4. The van der Waals surface area contributed by atoms with Gasteiger partial charge in [0.15, 0.2) is 5.13 Å². The van der Waals surface area contributed by atoms with Gasteiger partial charge in [-0.3, -0.25) is 15.0 Å². The minimum absolute atomic E-state index is 0. The van der Waals surface area contributed by atoms with Crippen LogP contribution in [0.5, 0.6) is 5.75 Å². The maximum Gasteiger partial charge on any atom is 0.261 e. The number of hydrogen-bond acceptors (Lipinski definition) is 6. The topological polar surface area (TPSA) is 80.5 Å². The summed E-state index contributed by atoms with van der Waals surface area (Å²) < 4.78 is 5.23. The molecule has 26 heavy (non-hydrogen) atoms. The highest BCUT2D eigenvalue weighted by molar-refractivity contribution is 7.15. The van der Waals surface area contributed by atoms with Gasteiger partial charge in [-0.1, -0.05) is 18.5 Å².